The Morgan fingerprint density at radius 3 is 2.56 bits per heavy atom. The number of phenols is 1. The van der Waals surface area contributed by atoms with Crippen LogP contribution < -0.4 is 0 Å². The molecular weight excluding hydrogens is 206 g/mol. The highest BCUT2D eigenvalue weighted by Gasteiger charge is 2.14. The summed E-state index contributed by atoms with van der Waals surface area (Å²) in [5, 5.41) is 18.6. The maximum atomic E-state index is 10.8. The highest BCUT2D eigenvalue weighted by atomic mass is 16.4. The number of rotatable bonds is 2. The Labute approximate surface area is 91.8 Å². The fourth-order valence-electron chi connectivity index (χ4n) is 1.44. The van der Waals surface area contributed by atoms with Crippen molar-refractivity contribution >= 4 is 5.97 Å². The topological polar surface area (TPSA) is 70.4 Å². The van der Waals surface area contributed by atoms with Crippen LogP contribution in [0.2, 0.25) is 0 Å². The van der Waals surface area contributed by atoms with Crippen LogP contribution in [0.5, 0.6) is 5.75 Å². The zero-order valence-electron chi connectivity index (χ0n) is 8.29. The average Bonchev–Trinajstić information content (AvgIpc) is 2.30. The molecule has 16 heavy (non-hydrogen) atoms. The summed E-state index contributed by atoms with van der Waals surface area (Å²) in [6.07, 6.45) is 1.59. The summed E-state index contributed by atoms with van der Waals surface area (Å²) in [6.45, 7) is 0. The average molecular weight is 215 g/mol. The van der Waals surface area contributed by atoms with Gasteiger partial charge in [-0.05, 0) is 24.3 Å². The zero-order chi connectivity index (χ0) is 11.5. The van der Waals surface area contributed by atoms with E-state index < -0.39 is 5.97 Å². The normalized spacial score (nSPS) is 10.0. The van der Waals surface area contributed by atoms with Gasteiger partial charge in [-0.3, -0.25) is 4.98 Å². The Balaban J connectivity index is 2.59. The quantitative estimate of drug-likeness (QED) is 0.805. The number of aromatic hydroxyl groups is 1. The van der Waals surface area contributed by atoms with Crippen molar-refractivity contribution < 1.29 is 15.0 Å². The lowest BCUT2D eigenvalue weighted by atomic mass is 10.1. The minimum atomic E-state index is -1.16. The first-order valence-electron chi connectivity index (χ1n) is 4.67. The largest absolute Gasteiger partial charge is 0.506 e. The molecule has 0 bridgehead atoms. The summed E-state index contributed by atoms with van der Waals surface area (Å²) in [5.41, 5.74) is 0.840. The van der Waals surface area contributed by atoms with E-state index in [1.807, 2.05) is 0 Å². The summed E-state index contributed by atoms with van der Waals surface area (Å²) in [5.74, 6) is -1.41. The lowest BCUT2D eigenvalue weighted by Crippen LogP contribution is -1.97. The minimum absolute atomic E-state index is 0.122. The summed E-state index contributed by atoms with van der Waals surface area (Å²) >= 11 is 0. The molecule has 0 aliphatic rings. The van der Waals surface area contributed by atoms with Gasteiger partial charge in [0.1, 0.15) is 11.3 Å². The highest BCUT2D eigenvalue weighted by molar-refractivity contribution is 5.93. The van der Waals surface area contributed by atoms with Crippen LogP contribution in [0, 0.1) is 0 Å². The second-order valence-corrected chi connectivity index (χ2v) is 3.22. The first kappa shape index (κ1) is 10.2. The zero-order valence-corrected chi connectivity index (χ0v) is 8.29. The van der Waals surface area contributed by atoms with Gasteiger partial charge in [0.05, 0.1) is 5.69 Å². The summed E-state index contributed by atoms with van der Waals surface area (Å²) < 4.78 is 0. The molecule has 0 aliphatic heterocycles. The van der Waals surface area contributed by atoms with Gasteiger partial charge < -0.3 is 10.2 Å². The number of aromatic carboxylic acids is 1. The van der Waals surface area contributed by atoms with Crippen LogP contribution in [-0.4, -0.2) is 21.2 Å². The second kappa shape index (κ2) is 4.02. The molecule has 0 aliphatic carbocycles. The Morgan fingerprint density at radius 1 is 1.12 bits per heavy atom. The number of pyridine rings is 1. The molecule has 0 atom stereocenters. The molecule has 1 aromatic carbocycles. The molecule has 2 rings (SSSR count). The Bertz CT molecular complexity index is 523. The molecular formula is C12H9NO3. The van der Waals surface area contributed by atoms with Crippen LogP contribution in [-0.2, 0) is 0 Å². The maximum absolute atomic E-state index is 10.8. The minimum Gasteiger partial charge on any atom is -0.506 e. The summed E-state index contributed by atoms with van der Waals surface area (Å²) in [6, 6.07) is 9.79. The molecule has 2 aromatic rings. The Morgan fingerprint density at radius 2 is 1.94 bits per heavy atom. The number of carbonyl (C=O) groups is 1. The van der Waals surface area contributed by atoms with E-state index >= 15 is 0 Å². The predicted octanol–water partition coefficient (Wildman–Crippen LogP) is 2.15. The number of nitrogens with zero attached hydrogens (tertiary/aromatic N) is 1. The first-order chi connectivity index (χ1) is 7.70. The summed E-state index contributed by atoms with van der Waals surface area (Å²) in [7, 11) is 0. The van der Waals surface area contributed by atoms with E-state index in [0.717, 1.165) is 0 Å². The van der Waals surface area contributed by atoms with Crippen LogP contribution in [0.25, 0.3) is 11.3 Å². The molecule has 1 heterocycles. The third-order valence-corrected chi connectivity index (χ3v) is 2.21. The van der Waals surface area contributed by atoms with Gasteiger partial charge in [0, 0.05) is 11.8 Å². The highest BCUT2D eigenvalue weighted by Crippen LogP contribution is 2.30. The van der Waals surface area contributed by atoms with E-state index in [4.69, 9.17) is 5.11 Å². The van der Waals surface area contributed by atoms with E-state index in [0.29, 0.717) is 11.3 Å². The monoisotopic (exact) mass is 215 g/mol. The van der Waals surface area contributed by atoms with Crippen molar-refractivity contribution in [3.63, 3.8) is 0 Å². The lowest BCUT2D eigenvalue weighted by molar-refractivity contribution is 0.0694. The van der Waals surface area contributed by atoms with Gasteiger partial charge in [-0.15, -0.1) is 0 Å². The summed E-state index contributed by atoms with van der Waals surface area (Å²) in [4.78, 5) is 14.9. The van der Waals surface area contributed by atoms with E-state index in [9.17, 15) is 9.90 Å². The standard InChI is InChI=1S/C12H9NO3/c14-11-8(10-6-1-2-7-13-10)4-3-5-9(11)12(15)16/h1-7,14H,(H,15,16). The second-order valence-electron chi connectivity index (χ2n) is 3.22. The van der Waals surface area contributed by atoms with Crippen molar-refractivity contribution in [2.24, 2.45) is 0 Å². The van der Waals surface area contributed by atoms with Crippen molar-refractivity contribution in [1.29, 1.82) is 0 Å². The number of carboxylic acids is 1. The number of hydrogen-bond acceptors (Lipinski definition) is 3. The van der Waals surface area contributed by atoms with Gasteiger partial charge in [-0.1, -0.05) is 12.1 Å². The number of hydrogen-bond donors (Lipinski definition) is 2. The molecule has 0 saturated carbocycles. The smallest absolute Gasteiger partial charge is 0.339 e. The fraction of sp³-hybridized carbons (Fsp3) is 0. The number of carboxylic acid groups (broad SMARTS) is 1. The number of para-hydroxylation sites is 1. The number of benzene rings is 1. The predicted molar refractivity (Wildman–Crippen MR) is 58.3 cm³/mol. The van der Waals surface area contributed by atoms with Gasteiger partial charge in [-0.2, -0.15) is 0 Å². The molecule has 80 valence electrons. The van der Waals surface area contributed by atoms with Gasteiger partial charge in [0.25, 0.3) is 0 Å². The van der Waals surface area contributed by atoms with Crippen LogP contribution in [0.1, 0.15) is 10.4 Å². The molecule has 0 spiro atoms. The van der Waals surface area contributed by atoms with Crippen molar-refractivity contribution in [3.8, 4) is 17.0 Å². The van der Waals surface area contributed by atoms with Gasteiger partial charge in [-0.25, -0.2) is 4.79 Å². The first-order valence-corrected chi connectivity index (χ1v) is 4.67. The van der Waals surface area contributed by atoms with E-state index in [-0.39, 0.29) is 11.3 Å². The molecule has 0 amide bonds. The van der Waals surface area contributed by atoms with Crippen molar-refractivity contribution in [1.82, 2.24) is 4.98 Å². The van der Waals surface area contributed by atoms with Crippen LogP contribution in [0.15, 0.2) is 42.6 Å². The van der Waals surface area contributed by atoms with Crippen LogP contribution in [0.4, 0.5) is 0 Å². The van der Waals surface area contributed by atoms with Crippen molar-refractivity contribution in [2.75, 3.05) is 0 Å². The Hall–Kier alpha value is -2.36. The molecule has 0 radical (unpaired) electrons. The third-order valence-electron chi connectivity index (χ3n) is 2.21. The molecule has 2 N–H and O–H groups in total. The number of aromatic nitrogens is 1. The van der Waals surface area contributed by atoms with E-state index in [1.165, 1.54) is 6.07 Å². The molecule has 4 nitrogen and oxygen atoms in total. The van der Waals surface area contributed by atoms with Crippen molar-refractivity contribution in [3.05, 3.63) is 48.2 Å². The van der Waals surface area contributed by atoms with Gasteiger partial charge >= 0.3 is 5.97 Å². The molecule has 0 saturated heterocycles. The van der Waals surface area contributed by atoms with Gasteiger partial charge in [0.2, 0.25) is 0 Å². The molecule has 4 heteroatoms. The van der Waals surface area contributed by atoms with Crippen LogP contribution in [0.3, 0.4) is 0 Å². The fourth-order valence-corrected chi connectivity index (χ4v) is 1.44. The van der Waals surface area contributed by atoms with E-state index in [2.05, 4.69) is 4.98 Å². The van der Waals surface area contributed by atoms with Crippen LogP contribution >= 0.6 is 0 Å². The van der Waals surface area contributed by atoms with Crippen molar-refractivity contribution in [2.45, 2.75) is 0 Å². The third kappa shape index (κ3) is 1.72. The molecule has 0 fully saturated rings. The molecule has 0 unspecified atom stereocenters. The lowest BCUT2D eigenvalue weighted by Gasteiger charge is -2.05. The SMILES string of the molecule is O=C(O)c1cccc(-c2ccccn2)c1O. The molecule has 1 aromatic heterocycles. The maximum Gasteiger partial charge on any atom is 0.339 e. The van der Waals surface area contributed by atoms with Gasteiger partial charge in [0.15, 0.2) is 0 Å². The van der Waals surface area contributed by atoms with E-state index in [1.54, 1.807) is 36.5 Å². The Kier molecular flexibility index (Phi) is 2.55.